The number of ether oxygens (including phenoxy) is 1. The fraction of sp³-hybridized carbons (Fsp3) is 0.107. The summed E-state index contributed by atoms with van der Waals surface area (Å²) in [4.78, 5) is 17.0. The topological polar surface area (TPSA) is 68.5 Å². The number of ketones is 1. The standard InChI is InChI=1S/C28H24N4O2/c1-34-26-10-6-5-9-25(26)29-28-30-27-16-15-23(19-32(27)31-28)22-13-11-21(12-14-22)18-24(33)17-20-7-3-2-4-8-20/h2-16,19H,17-18H2,1H3,(H,29,31). The van der Waals surface area contributed by atoms with Gasteiger partial charge in [0.15, 0.2) is 5.65 Å². The quantitative estimate of drug-likeness (QED) is 0.339. The Labute approximate surface area is 197 Å². The van der Waals surface area contributed by atoms with Crippen molar-refractivity contribution in [3.63, 3.8) is 0 Å². The molecule has 0 bridgehead atoms. The van der Waals surface area contributed by atoms with Crippen LogP contribution in [0.25, 0.3) is 16.8 Å². The van der Waals surface area contributed by atoms with Gasteiger partial charge in [-0.1, -0.05) is 66.7 Å². The molecular weight excluding hydrogens is 424 g/mol. The van der Waals surface area contributed by atoms with Crippen LogP contribution in [0.2, 0.25) is 0 Å². The lowest BCUT2D eigenvalue weighted by atomic mass is 10.0. The van der Waals surface area contributed by atoms with Crippen LogP contribution in [0.3, 0.4) is 0 Å². The molecule has 5 rings (SSSR count). The van der Waals surface area contributed by atoms with Crippen LogP contribution in [0.5, 0.6) is 5.75 Å². The van der Waals surface area contributed by atoms with E-state index >= 15 is 0 Å². The number of fused-ring (bicyclic) bond motifs is 1. The highest BCUT2D eigenvalue weighted by Crippen LogP contribution is 2.26. The number of nitrogens with one attached hydrogen (secondary N) is 1. The molecule has 3 aromatic carbocycles. The van der Waals surface area contributed by atoms with E-state index in [1.54, 1.807) is 11.6 Å². The maximum atomic E-state index is 12.4. The molecule has 2 heterocycles. The zero-order valence-corrected chi connectivity index (χ0v) is 18.8. The molecule has 0 saturated carbocycles. The van der Waals surface area contributed by atoms with Gasteiger partial charge in [-0.25, -0.2) is 4.52 Å². The Morgan fingerprint density at radius 2 is 1.50 bits per heavy atom. The third-order valence-corrected chi connectivity index (χ3v) is 5.62. The van der Waals surface area contributed by atoms with Crippen LogP contribution in [0, 0.1) is 0 Å². The first kappa shape index (κ1) is 21.4. The minimum Gasteiger partial charge on any atom is -0.495 e. The summed E-state index contributed by atoms with van der Waals surface area (Å²) in [5.41, 5.74) is 5.67. The van der Waals surface area contributed by atoms with Crippen LogP contribution in [-0.2, 0) is 17.6 Å². The van der Waals surface area contributed by atoms with Crippen molar-refractivity contribution in [2.75, 3.05) is 12.4 Å². The normalized spacial score (nSPS) is 10.9. The van der Waals surface area contributed by atoms with E-state index in [0.29, 0.717) is 18.8 Å². The second-order valence-corrected chi connectivity index (χ2v) is 8.06. The number of rotatable bonds is 8. The van der Waals surface area contributed by atoms with Gasteiger partial charge in [0.05, 0.1) is 12.8 Å². The molecule has 5 aromatic rings. The third kappa shape index (κ3) is 4.81. The van der Waals surface area contributed by atoms with Crippen LogP contribution in [0.15, 0.2) is 97.2 Å². The van der Waals surface area contributed by atoms with Gasteiger partial charge in [-0.15, -0.1) is 5.10 Å². The summed E-state index contributed by atoms with van der Waals surface area (Å²) >= 11 is 0. The third-order valence-electron chi connectivity index (χ3n) is 5.62. The summed E-state index contributed by atoms with van der Waals surface area (Å²) in [6.45, 7) is 0. The second-order valence-electron chi connectivity index (χ2n) is 8.06. The molecule has 0 aliphatic carbocycles. The Bertz CT molecular complexity index is 1430. The molecule has 0 aliphatic heterocycles. The largest absolute Gasteiger partial charge is 0.495 e. The number of Topliss-reactive ketones (excluding diaryl/α,β-unsaturated/α-hetero) is 1. The molecule has 168 valence electrons. The van der Waals surface area contributed by atoms with Crippen LogP contribution >= 0.6 is 0 Å². The molecule has 0 unspecified atom stereocenters. The highest BCUT2D eigenvalue weighted by molar-refractivity contribution is 5.83. The Kier molecular flexibility index (Phi) is 6.03. The SMILES string of the molecule is COc1ccccc1Nc1nc2ccc(-c3ccc(CC(=O)Cc4ccccc4)cc3)cn2n1. The molecular formula is C28H24N4O2. The summed E-state index contributed by atoms with van der Waals surface area (Å²) in [6.07, 6.45) is 2.83. The molecule has 6 nitrogen and oxygen atoms in total. The van der Waals surface area contributed by atoms with Crippen molar-refractivity contribution in [1.29, 1.82) is 0 Å². The molecule has 2 aromatic heterocycles. The molecule has 0 radical (unpaired) electrons. The minimum atomic E-state index is 0.207. The summed E-state index contributed by atoms with van der Waals surface area (Å²) in [7, 11) is 1.63. The summed E-state index contributed by atoms with van der Waals surface area (Å²) in [5, 5.41) is 7.78. The number of anilines is 2. The average molecular weight is 449 g/mol. The van der Waals surface area contributed by atoms with Crippen LogP contribution in [0.4, 0.5) is 11.6 Å². The highest BCUT2D eigenvalue weighted by atomic mass is 16.5. The van der Waals surface area contributed by atoms with Crippen LogP contribution in [0.1, 0.15) is 11.1 Å². The minimum absolute atomic E-state index is 0.207. The predicted octanol–water partition coefficient (Wildman–Crippen LogP) is 5.50. The maximum absolute atomic E-state index is 12.4. The Morgan fingerprint density at radius 3 is 2.26 bits per heavy atom. The van der Waals surface area contributed by atoms with E-state index in [1.165, 1.54) is 0 Å². The van der Waals surface area contributed by atoms with Crippen molar-refractivity contribution in [3.8, 4) is 16.9 Å². The van der Waals surface area contributed by atoms with Gasteiger partial charge >= 0.3 is 0 Å². The first-order chi connectivity index (χ1) is 16.7. The summed E-state index contributed by atoms with van der Waals surface area (Å²) < 4.78 is 7.14. The fourth-order valence-corrected chi connectivity index (χ4v) is 3.90. The zero-order valence-electron chi connectivity index (χ0n) is 18.8. The fourth-order valence-electron chi connectivity index (χ4n) is 3.90. The van der Waals surface area contributed by atoms with Crippen molar-refractivity contribution >= 4 is 23.1 Å². The van der Waals surface area contributed by atoms with Crippen molar-refractivity contribution in [3.05, 3.63) is 108 Å². The molecule has 0 amide bonds. The Balaban J connectivity index is 1.29. The van der Waals surface area contributed by atoms with Crippen LogP contribution < -0.4 is 10.1 Å². The van der Waals surface area contributed by atoms with Crippen molar-refractivity contribution in [2.45, 2.75) is 12.8 Å². The number of methoxy groups -OCH3 is 1. The van der Waals surface area contributed by atoms with Gasteiger partial charge in [0.2, 0.25) is 5.95 Å². The maximum Gasteiger partial charge on any atom is 0.247 e. The lowest BCUT2D eigenvalue weighted by Crippen LogP contribution is -2.06. The zero-order chi connectivity index (χ0) is 23.3. The number of pyridine rings is 1. The monoisotopic (exact) mass is 448 g/mol. The van der Waals surface area contributed by atoms with Crippen LogP contribution in [-0.4, -0.2) is 27.5 Å². The van der Waals surface area contributed by atoms with E-state index in [1.807, 2.05) is 97.2 Å². The van der Waals surface area contributed by atoms with E-state index in [4.69, 9.17) is 4.74 Å². The molecule has 6 heteroatoms. The number of carbonyl (C=O) groups excluding carboxylic acids is 1. The number of hydrogen-bond donors (Lipinski definition) is 1. The van der Waals surface area contributed by atoms with Gasteiger partial charge in [0, 0.05) is 24.6 Å². The van der Waals surface area contributed by atoms with Crippen molar-refractivity contribution < 1.29 is 9.53 Å². The van der Waals surface area contributed by atoms with E-state index in [9.17, 15) is 4.79 Å². The van der Waals surface area contributed by atoms with Gasteiger partial charge in [0.1, 0.15) is 11.5 Å². The van der Waals surface area contributed by atoms with Gasteiger partial charge in [0.25, 0.3) is 0 Å². The summed E-state index contributed by atoms with van der Waals surface area (Å²) in [6, 6.07) is 29.6. The molecule has 34 heavy (non-hydrogen) atoms. The first-order valence-electron chi connectivity index (χ1n) is 11.1. The van der Waals surface area contributed by atoms with Crippen molar-refractivity contribution in [2.24, 2.45) is 0 Å². The van der Waals surface area contributed by atoms with Gasteiger partial charge in [-0.05, 0) is 41.0 Å². The Hall–Kier alpha value is -4.45. The van der Waals surface area contributed by atoms with E-state index in [0.717, 1.165) is 39.3 Å². The Morgan fingerprint density at radius 1 is 0.824 bits per heavy atom. The molecule has 0 fully saturated rings. The predicted molar refractivity (Wildman–Crippen MR) is 134 cm³/mol. The van der Waals surface area contributed by atoms with Crippen molar-refractivity contribution in [1.82, 2.24) is 14.6 Å². The molecule has 0 atom stereocenters. The van der Waals surface area contributed by atoms with Gasteiger partial charge < -0.3 is 10.1 Å². The number of nitrogens with zero attached hydrogens (tertiary/aromatic N) is 3. The summed E-state index contributed by atoms with van der Waals surface area (Å²) in [5.74, 6) is 1.43. The van der Waals surface area contributed by atoms with Gasteiger partial charge in [-0.3, -0.25) is 4.79 Å². The average Bonchev–Trinajstić information content (AvgIpc) is 3.27. The lowest BCUT2D eigenvalue weighted by Gasteiger charge is -2.07. The first-order valence-corrected chi connectivity index (χ1v) is 11.1. The molecule has 0 aliphatic rings. The number of carbonyl (C=O) groups is 1. The second kappa shape index (κ2) is 9.58. The van der Waals surface area contributed by atoms with Gasteiger partial charge in [-0.2, -0.15) is 4.98 Å². The van der Waals surface area contributed by atoms with E-state index in [2.05, 4.69) is 15.4 Å². The number of benzene rings is 3. The molecule has 1 N–H and O–H groups in total. The lowest BCUT2D eigenvalue weighted by molar-refractivity contribution is -0.117. The molecule has 0 spiro atoms. The number of hydrogen-bond acceptors (Lipinski definition) is 5. The van der Waals surface area contributed by atoms with E-state index < -0.39 is 0 Å². The number of para-hydroxylation sites is 2. The molecule has 0 saturated heterocycles. The smallest absolute Gasteiger partial charge is 0.247 e. The highest BCUT2D eigenvalue weighted by Gasteiger charge is 2.09. The van der Waals surface area contributed by atoms with E-state index in [-0.39, 0.29) is 5.78 Å². The number of aromatic nitrogens is 3.